The standard InChI is InChI=1S/C22H26N4O3/c1-15(2)14-24-22(28)20-25-19(18-6-4-5-13-26(18)20)21(27)23-12-11-16-7-9-17(29-3)10-8-16/h4-10,13,15H,11-12,14H2,1-3H3,(H,23,27)(H,24,28). The summed E-state index contributed by atoms with van der Waals surface area (Å²) in [7, 11) is 1.63. The zero-order chi connectivity index (χ0) is 20.8. The van der Waals surface area contributed by atoms with Gasteiger partial charge >= 0.3 is 0 Å². The van der Waals surface area contributed by atoms with Crippen LogP contribution >= 0.6 is 0 Å². The molecule has 152 valence electrons. The normalized spacial score (nSPS) is 10.9. The van der Waals surface area contributed by atoms with E-state index >= 15 is 0 Å². The first-order valence-electron chi connectivity index (χ1n) is 9.66. The van der Waals surface area contributed by atoms with Crippen molar-refractivity contribution in [3.8, 4) is 5.75 Å². The summed E-state index contributed by atoms with van der Waals surface area (Å²) in [5.41, 5.74) is 1.94. The Morgan fingerprint density at radius 3 is 2.52 bits per heavy atom. The smallest absolute Gasteiger partial charge is 0.287 e. The molecule has 0 aliphatic rings. The third-order valence-corrected chi connectivity index (χ3v) is 4.50. The van der Waals surface area contributed by atoms with Gasteiger partial charge in [0.2, 0.25) is 5.82 Å². The summed E-state index contributed by atoms with van der Waals surface area (Å²) in [6, 6.07) is 13.1. The molecule has 2 heterocycles. The third-order valence-electron chi connectivity index (χ3n) is 4.50. The maximum atomic E-state index is 12.7. The van der Waals surface area contributed by atoms with E-state index < -0.39 is 0 Å². The summed E-state index contributed by atoms with van der Waals surface area (Å²) in [4.78, 5) is 29.6. The van der Waals surface area contributed by atoms with Crippen molar-refractivity contribution in [2.45, 2.75) is 20.3 Å². The molecule has 3 rings (SSSR count). The minimum atomic E-state index is -0.301. The number of aromatic nitrogens is 2. The zero-order valence-electron chi connectivity index (χ0n) is 16.9. The monoisotopic (exact) mass is 394 g/mol. The average molecular weight is 394 g/mol. The fourth-order valence-electron chi connectivity index (χ4n) is 2.94. The first-order valence-corrected chi connectivity index (χ1v) is 9.66. The van der Waals surface area contributed by atoms with Gasteiger partial charge < -0.3 is 15.4 Å². The molecule has 0 fully saturated rings. The topological polar surface area (TPSA) is 84.7 Å². The Kier molecular flexibility index (Phi) is 6.49. The van der Waals surface area contributed by atoms with Gasteiger partial charge in [-0.2, -0.15) is 0 Å². The van der Waals surface area contributed by atoms with E-state index in [2.05, 4.69) is 15.6 Å². The second-order valence-electron chi connectivity index (χ2n) is 7.20. The minimum absolute atomic E-state index is 0.210. The van der Waals surface area contributed by atoms with Gasteiger partial charge in [0.05, 0.1) is 12.6 Å². The summed E-state index contributed by atoms with van der Waals surface area (Å²) >= 11 is 0. The molecular weight excluding hydrogens is 368 g/mol. The Morgan fingerprint density at radius 2 is 1.83 bits per heavy atom. The van der Waals surface area contributed by atoms with Gasteiger partial charge in [0, 0.05) is 19.3 Å². The lowest BCUT2D eigenvalue weighted by Crippen LogP contribution is -2.29. The fourth-order valence-corrected chi connectivity index (χ4v) is 2.94. The molecule has 3 aromatic rings. The largest absolute Gasteiger partial charge is 0.497 e. The van der Waals surface area contributed by atoms with Crippen molar-refractivity contribution < 1.29 is 14.3 Å². The van der Waals surface area contributed by atoms with Crippen molar-refractivity contribution in [2.24, 2.45) is 5.92 Å². The van der Waals surface area contributed by atoms with Gasteiger partial charge in [0.25, 0.3) is 11.8 Å². The highest BCUT2D eigenvalue weighted by Crippen LogP contribution is 2.14. The maximum Gasteiger partial charge on any atom is 0.287 e. The van der Waals surface area contributed by atoms with E-state index in [0.717, 1.165) is 11.3 Å². The molecule has 2 amide bonds. The second kappa shape index (κ2) is 9.23. The Labute approximate surface area is 170 Å². The van der Waals surface area contributed by atoms with Crippen LogP contribution in [0, 0.1) is 5.92 Å². The maximum absolute atomic E-state index is 12.7. The quantitative estimate of drug-likeness (QED) is 0.615. The number of fused-ring (bicyclic) bond motifs is 1. The fraction of sp³-hybridized carbons (Fsp3) is 0.318. The minimum Gasteiger partial charge on any atom is -0.497 e. The molecule has 0 aliphatic carbocycles. The van der Waals surface area contributed by atoms with Gasteiger partial charge in [0.15, 0.2) is 5.69 Å². The van der Waals surface area contributed by atoms with Gasteiger partial charge in [-0.25, -0.2) is 4.98 Å². The third kappa shape index (κ3) is 4.93. The lowest BCUT2D eigenvalue weighted by molar-refractivity contribution is 0.0938. The summed E-state index contributed by atoms with van der Waals surface area (Å²) in [5, 5.41) is 5.75. The number of carbonyl (C=O) groups is 2. The summed E-state index contributed by atoms with van der Waals surface area (Å²) in [6.45, 7) is 5.05. The molecule has 0 aliphatic heterocycles. The van der Waals surface area contributed by atoms with Crippen molar-refractivity contribution >= 4 is 17.3 Å². The van der Waals surface area contributed by atoms with E-state index in [0.29, 0.717) is 30.9 Å². The first-order chi connectivity index (χ1) is 14.0. The zero-order valence-corrected chi connectivity index (χ0v) is 16.9. The molecule has 29 heavy (non-hydrogen) atoms. The van der Waals surface area contributed by atoms with Gasteiger partial charge in [-0.1, -0.05) is 32.0 Å². The lowest BCUT2D eigenvalue weighted by atomic mass is 10.1. The SMILES string of the molecule is COc1ccc(CCNC(=O)c2nc(C(=O)NCC(C)C)n3ccccc23)cc1. The average Bonchev–Trinajstić information content (AvgIpc) is 3.12. The van der Waals surface area contributed by atoms with Crippen molar-refractivity contribution in [1.82, 2.24) is 20.0 Å². The van der Waals surface area contributed by atoms with E-state index in [1.807, 2.05) is 44.2 Å². The number of imidazole rings is 1. The van der Waals surface area contributed by atoms with Crippen molar-refractivity contribution in [2.75, 3.05) is 20.2 Å². The molecule has 7 nitrogen and oxygen atoms in total. The number of hydrogen-bond donors (Lipinski definition) is 2. The number of nitrogens with one attached hydrogen (secondary N) is 2. The summed E-state index contributed by atoms with van der Waals surface area (Å²) < 4.78 is 6.80. The van der Waals surface area contributed by atoms with Gasteiger partial charge in [-0.05, 0) is 42.2 Å². The van der Waals surface area contributed by atoms with Crippen LogP contribution in [-0.4, -0.2) is 41.4 Å². The Bertz CT molecular complexity index is 993. The van der Waals surface area contributed by atoms with E-state index in [1.54, 1.807) is 29.8 Å². The number of hydrogen-bond acceptors (Lipinski definition) is 4. The van der Waals surface area contributed by atoms with Crippen LogP contribution in [0.4, 0.5) is 0 Å². The van der Waals surface area contributed by atoms with E-state index in [-0.39, 0.29) is 23.3 Å². The van der Waals surface area contributed by atoms with Crippen LogP contribution < -0.4 is 15.4 Å². The van der Waals surface area contributed by atoms with Crippen molar-refractivity contribution in [1.29, 1.82) is 0 Å². The Balaban J connectivity index is 1.71. The van der Waals surface area contributed by atoms with Gasteiger partial charge in [-0.3, -0.25) is 14.0 Å². The summed E-state index contributed by atoms with van der Waals surface area (Å²) in [5.74, 6) is 0.736. The lowest BCUT2D eigenvalue weighted by Gasteiger charge is -2.06. The number of ether oxygens (including phenoxy) is 1. The number of benzene rings is 1. The van der Waals surface area contributed by atoms with Crippen LogP contribution in [0.15, 0.2) is 48.7 Å². The molecule has 2 N–H and O–H groups in total. The highest BCUT2D eigenvalue weighted by Gasteiger charge is 2.21. The molecule has 7 heteroatoms. The number of carbonyl (C=O) groups excluding carboxylic acids is 2. The van der Waals surface area contributed by atoms with Crippen LogP contribution in [-0.2, 0) is 6.42 Å². The molecule has 0 spiro atoms. The molecule has 0 unspecified atom stereocenters. The first kappa shape index (κ1) is 20.4. The van der Waals surface area contributed by atoms with E-state index in [9.17, 15) is 9.59 Å². The molecule has 0 radical (unpaired) electrons. The molecule has 0 saturated heterocycles. The molecule has 1 aromatic carbocycles. The Morgan fingerprint density at radius 1 is 1.07 bits per heavy atom. The van der Waals surface area contributed by atoms with Crippen molar-refractivity contribution in [3.63, 3.8) is 0 Å². The predicted octanol–water partition coefficient (Wildman–Crippen LogP) is 2.70. The molecule has 0 atom stereocenters. The van der Waals surface area contributed by atoms with Crippen LogP contribution in [0.5, 0.6) is 5.75 Å². The van der Waals surface area contributed by atoms with Gasteiger partial charge in [0.1, 0.15) is 5.75 Å². The molecule has 0 saturated carbocycles. The number of amides is 2. The number of rotatable bonds is 8. The number of methoxy groups -OCH3 is 1. The molecule has 2 aromatic heterocycles. The van der Waals surface area contributed by atoms with Crippen LogP contribution in [0.1, 0.15) is 40.5 Å². The highest BCUT2D eigenvalue weighted by molar-refractivity contribution is 6.02. The Hall–Kier alpha value is -3.35. The van der Waals surface area contributed by atoms with Gasteiger partial charge in [-0.15, -0.1) is 0 Å². The van der Waals surface area contributed by atoms with Crippen LogP contribution in [0.25, 0.3) is 5.52 Å². The molecular formula is C22H26N4O3. The molecule has 0 bridgehead atoms. The second-order valence-corrected chi connectivity index (χ2v) is 7.20. The number of pyridine rings is 1. The van der Waals surface area contributed by atoms with Crippen LogP contribution in [0.3, 0.4) is 0 Å². The predicted molar refractivity (Wildman–Crippen MR) is 111 cm³/mol. The van der Waals surface area contributed by atoms with Crippen LogP contribution in [0.2, 0.25) is 0 Å². The van der Waals surface area contributed by atoms with E-state index in [1.165, 1.54) is 0 Å². The summed E-state index contributed by atoms with van der Waals surface area (Å²) in [6.07, 6.45) is 2.42. The number of nitrogens with zero attached hydrogens (tertiary/aromatic N) is 2. The highest BCUT2D eigenvalue weighted by atomic mass is 16.5. The van der Waals surface area contributed by atoms with E-state index in [4.69, 9.17) is 4.74 Å². The van der Waals surface area contributed by atoms with Crippen molar-refractivity contribution in [3.05, 3.63) is 65.7 Å².